The minimum Gasteiger partial charge on any atom is -0.481 e. The first-order valence-electron chi connectivity index (χ1n) is 5.24. The number of hydrogen-bond acceptors (Lipinski definition) is 4. The van der Waals surface area contributed by atoms with Crippen molar-refractivity contribution in [3.05, 3.63) is 16.4 Å². The van der Waals surface area contributed by atoms with Gasteiger partial charge in [-0.25, -0.2) is 0 Å². The fraction of sp³-hybridized carbons (Fsp3) is 0.500. The lowest BCUT2D eigenvalue weighted by atomic mass is 10.1. The van der Waals surface area contributed by atoms with Gasteiger partial charge in [0.15, 0.2) is 10.3 Å². The number of anilines is 1. The zero-order valence-corrected chi connectivity index (χ0v) is 10.4. The van der Waals surface area contributed by atoms with Crippen molar-refractivity contribution in [1.82, 2.24) is 10.2 Å². The van der Waals surface area contributed by atoms with Crippen LogP contribution in [0.1, 0.15) is 19.3 Å². The van der Waals surface area contributed by atoms with Gasteiger partial charge < -0.3 is 10.4 Å². The number of aliphatic carboxylic acids is 1. The lowest BCUT2D eigenvalue weighted by Crippen LogP contribution is -2.18. The van der Waals surface area contributed by atoms with Crippen LogP contribution < -0.4 is 5.32 Å². The average molecular weight is 276 g/mol. The highest BCUT2D eigenvalue weighted by molar-refractivity contribution is 6.33. The molecule has 1 aromatic rings. The van der Waals surface area contributed by atoms with Crippen molar-refractivity contribution in [3.8, 4) is 0 Å². The molecule has 1 aromatic heterocycles. The van der Waals surface area contributed by atoms with Crippen LogP contribution in [-0.2, 0) is 4.79 Å². The molecule has 1 fully saturated rings. The highest BCUT2D eigenvalue weighted by Gasteiger charge is 2.29. The highest BCUT2D eigenvalue weighted by atomic mass is 35.5. The Bertz CT molecular complexity index is 442. The van der Waals surface area contributed by atoms with Gasteiger partial charge in [0.05, 0.1) is 11.6 Å². The van der Waals surface area contributed by atoms with E-state index in [0.717, 1.165) is 6.42 Å². The number of carboxylic acid groups (broad SMARTS) is 1. The van der Waals surface area contributed by atoms with E-state index in [1.807, 2.05) is 0 Å². The van der Waals surface area contributed by atoms with Crippen molar-refractivity contribution < 1.29 is 9.90 Å². The fourth-order valence-electron chi connectivity index (χ4n) is 2.01. The minimum absolute atomic E-state index is 0.0915. The SMILES string of the molecule is O=C(O)C1CCC(Nc2cc(Cl)nnc2Cl)C1. The maximum absolute atomic E-state index is 10.8. The van der Waals surface area contributed by atoms with Crippen molar-refractivity contribution in [2.24, 2.45) is 5.92 Å². The molecule has 17 heavy (non-hydrogen) atoms. The van der Waals surface area contributed by atoms with Crippen LogP contribution >= 0.6 is 23.2 Å². The molecular weight excluding hydrogens is 265 g/mol. The monoisotopic (exact) mass is 275 g/mol. The molecule has 2 unspecified atom stereocenters. The van der Waals surface area contributed by atoms with E-state index in [9.17, 15) is 4.79 Å². The Balaban J connectivity index is 2.02. The molecular formula is C10H11Cl2N3O2. The molecule has 1 heterocycles. The number of hydrogen-bond donors (Lipinski definition) is 2. The van der Waals surface area contributed by atoms with Crippen molar-refractivity contribution in [3.63, 3.8) is 0 Å². The first kappa shape index (κ1) is 12.4. The third-order valence-corrected chi connectivity index (χ3v) is 3.32. The quantitative estimate of drug-likeness (QED) is 0.886. The molecule has 2 atom stereocenters. The molecule has 0 spiro atoms. The van der Waals surface area contributed by atoms with Crippen LogP contribution in [0, 0.1) is 5.92 Å². The second-order valence-corrected chi connectivity index (χ2v) is 4.81. The standard InChI is InChI=1S/C10H11Cl2N3O2/c11-8-4-7(9(12)15-14-8)13-6-2-1-5(3-6)10(16)17/h4-6H,1-3H2,(H,13,14)(H,16,17). The van der Waals surface area contributed by atoms with Crippen LogP contribution in [0.15, 0.2) is 6.07 Å². The number of rotatable bonds is 3. The smallest absolute Gasteiger partial charge is 0.306 e. The summed E-state index contributed by atoms with van der Waals surface area (Å²) in [5, 5.41) is 19.8. The normalized spacial score (nSPS) is 23.6. The average Bonchev–Trinajstić information content (AvgIpc) is 2.72. The van der Waals surface area contributed by atoms with E-state index in [1.54, 1.807) is 6.07 Å². The topological polar surface area (TPSA) is 75.1 Å². The maximum Gasteiger partial charge on any atom is 0.306 e. The van der Waals surface area contributed by atoms with E-state index >= 15 is 0 Å². The number of nitrogens with one attached hydrogen (secondary N) is 1. The highest BCUT2D eigenvalue weighted by Crippen LogP contribution is 2.30. The third kappa shape index (κ3) is 2.98. The van der Waals surface area contributed by atoms with Gasteiger partial charge in [-0.15, -0.1) is 10.2 Å². The molecule has 0 bridgehead atoms. The molecule has 1 aliphatic carbocycles. The van der Waals surface area contributed by atoms with Crippen LogP contribution in [0.3, 0.4) is 0 Å². The van der Waals surface area contributed by atoms with E-state index < -0.39 is 5.97 Å². The second-order valence-electron chi connectivity index (χ2n) is 4.06. The van der Waals surface area contributed by atoms with Gasteiger partial charge in [-0.3, -0.25) is 4.79 Å². The van der Waals surface area contributed by atoms with Gasteiger partial charge in [0.25, 0.3) is 0 Å². The Morgan fingerprint density at radius 1 is 1.41 bits per heavy atom. The van der Waals surface area contributed by atoms with Crippen LogP contribution in [0.4, 0.5) is 5.69 Å². The van der Waals surface area contributed by atoms with E-state index in [1.165, 1.54) is 0 Å². The van der Waals surface area contributed by atoms with E-state index in [2.05, 4.69) is 15.5 Å². The number of carboxylic acids is 1. The zero-order chi connectivity index (χ0) is 12.4. The molecule has 0 amide bonds. The van der Waals surface area contributed by atoms with Crippen molar-refractivity contribution >= 4 is 34.9 Å². The summed E-state index contributed by atoms with van der Waals surface area (Å²) in [6.07, 6.45) is 2.07. The summed E-state index contributed by atoms with van der Waals surface area (Å²) in [4.78, 5) is 10.8. The summed E-state index contributed by atoms with van der Waals surface area (Å²) in [5.41, 5.74) is 0.600. The molecule has 5 nitrogen and oxygen atoms in total. The summed E-state index contributed by atoms with van der Waals surface area (Å²) in [6.45, 7) is 0. The predicted octanol–water partition coefficient (Wildman–Crippen LogP) is 2.45. The predicted molar refractivity (Wildman–Crippen MR) is 64.4 cm³/mol. The van der Waals surface area contributed by atoms with Gasteiger partial charge in [0.1, 0.15) is 0 Å². The maximum atomic E-state index is 10.8. The first-order valence-corrected chi connectivity index (χ1v) is 6.00. The van der Waals surface area contributed by atoms with Crippen LogP contribution in [0.5, 0.6) is 0 Å². The Morgan fingerprint density at radius 2 is 2.18 bits per heavy atom. The van der Waals surface area contributed by atoms with Gasteiger partial charge in [-0.2, -0.15) is 0 Å². The Kier molecular flexibility index (Phi) is 3.69. The molecule has 0 aliphatic heterocycles. The summed E-state index contributed by atoms with van der Waals surface area (Å²) in [6, 6.07) is 1.68. The molecule has 7 heteroatoms. The van der Waals surface area contributed by atoms with E-state index in [0.29, 0.717) is 18.5 Å². The molecule has 0 radical (unpaired) electrons. The lowest BCUT2D eigenvalue weighted by Gasteiger charge is -2.14. The van der Waals surface area contributed by atoms with Gasteiger partial charge in [0, 0.05) is 12.1 Å². The lowest BCUT2D eigenvalue weighted by molar-refractivity contribution is -0.141. The molecule has 2 rings (SSSR count). The first-order chi connectivity index (χ1) is 8.06. The van der Waals surface area contributed by atoms with Gasteiger partial charge in [-0.05, 0) is 19.3 Å². The van der Waals surface area contributed by atoms with Crippen molar-refractivity contribution in [1.29, 1.82) is 0 Å². The summed E-state index contributed by atoms with van der Waals surface area (Å²) in [5.74, 6) is -1.03. The van der Waals surface area contributed by atoms with E-state index in [-0.39, 0.29) is 22.3 Å². The van der Waals surface area contributed by atoms with Crippen LogP contribution in [-0.4, -0.2) is 27.3 Å². The van der Waals surface area contributed by atoms with Gasteiger partial charge in [-0.1, -0.05) is 23.2 Å². The Morgan fingerprint density at radius 3 is 2.82 bits per heavy atom. The molecule has 0 aromatic carbocycles. The fourth-order valence-corrected chi connectivity index (χ4v) is 2.30. The molecule has 92 valence electrons. The molecule has 0 saturated heterocycles. The number of aromatic nitrogens is 2. The summed E-state index contributed by atoms with van der Waals surface area (Å²) < 4.78 is 0. The largest absolute Gasteiger partial charge is 0.481 e. The summed E-state index contributed by atoms with van der Waals surface area (Å²) >= 11 is 11.6. The van der Waals surface area contributed by atoms with Gasteiger partial charge >= 0.3 is 5.97 Å². The summed E-state index contributed by atoms with van der Waals surface area (Å²) in [7, 11) is 0. The zero-order valence-electron chi connectivity index (χ0n) is 8.86. The Labute approximate surface area is 108 Å². The number of halogens is 2. The Hall–Kier alpha value is -1.07. The van der Waals surface area contributed by atoms with Crippen LogP contribution in [0.25, 0.3) is 0 Å². The second kappa shape index (κ2) is 5.06. The molecule has 1 aliphatic rings. The molecule has 1 saturated carbocycles. The minimum atomic E-state index is -0.744. The van der Waals surface area contributed by atoms with Gasteiger partial charge in [0.2, 0.25) is 0 Å². The molecule has 2 N–H and O–H groups in total. The van der Waals surface area contributed by atoms with E-state index in [4.69, 9.17) is 28.3 Å². The number of carbonyl (C=O) groups is 1. The van der Waals surface area contributed by atoms with Crippen LogP contribution in [0.2, 0.25) is 10.3 Å². The van der Waals surface area contributed by atoms with Crippen molar-refractivity contribution in [2.45, 2.75) is 25.3 Å². The van der Waals surface area contributed by atoms with Crippen molar-refractivity contribution in [2.75, 3.05) is 5.32 Å². The number of nitrogens with zero attached hydrogens (tertiary/aromatic N) is 2. The third-order valence-electron chi connectivity index (χ3n) is 2.86.